The molecule has 0 radical (unpaired) electrons. The van der Waals surface area contributed by atoms with Gasteiger partial charge in [-0.1, -0.05) is 95.1 Å². The van der Waals surface area contributed by atoms with Crippen molar-refractivity contribution in [1.82, 2.24) is 0 Å². The van der Waals surface area contributed by atoms with E-state index in [4.69, 9.17) is 23.2 Å². The van der Waals surface area contributed by atoms with Crippen LogP contribution in [0.15, 0.2) is 60.7 Å². The molecule has 0 fully saturated rings. The molecule has 3 rings (SSSR count). The first kappa shape index (κ1) is 30.1. The summed E-state index contributed by atoms with van der Waals surface area (Å²) in [5.41, 5.74) is 3.85. The van der Waals surface area contributed by atoms with E-state index in [1.54, 1.807) is 25.1 Å². The molecule has 34 heavy (non-hydrogen) atoms. The maximum atomic E-state index is 13.1. The number of halogens is 5. The lowest BCUT2D eigenvalue weighted by Crippen LogP contribution is -1.92. The average Bonchev–Trinajstić information content (AvgIpc) is 2.78. The minimum Gasteiger partial charge on any atom is -0.207 e. The van der Waals surface area contributed by atoms with E-state index in [0.29, 0.717) is 28.3 Å². The summed E-state index contributed by atoms with van der Waals surface area (Å²) in [7, 11) is 0. The molecule has 0 amide bonds. The second kappa shape index (κ2) is 14.4. The molecule has 186 valence electrons. The predicted octanol–water partition coefficient (Wildman–Crippen LogP) is 11.1. The van der Waals surface area contributed by atoms with E-state index in [1.807, 2.05) is 58.0 Å². The van der Waals surface area contributed by atoms with Gasteiger partial charge < -0.3 is 0 Å². The van der Waals surface area contributed by atoms with Gasteiger partial charge in [-0.25, -0.2) is 13.2 Å². The van der Waals surface area contributed by atoms with Crippen molar-refractivity contribution in [3.63, 3.8) is 0 Å². The molecule has 0 unspecified atom stereocenters. The van der Waals surface area contributed by atoms with Gasteiger partial charge in [0, 0.05) is 21.2 Å². The fourth-order valence-electron chi connectivity index (χ4n) is 2.92. The molecule has 0 saturated heterocycles. The number of hydrogen-bond acceptors (Lipinski definition) is 0. The summed E-state index contributed by atoms with van der Waals surface area (Å²) in [6, 6.07) is 17.9. The van der Waals surface area contributed by atoms with Crippen molar-refractivity contribution in [1.29, 1.82) is 0 Å². The molecule has 0 aliphatic rings. The first-order chi connectivity index (χ1) is 15.8. The summed E-state index contributed by atoms with van der Waals surface area (Å²) in [5.74, 6) is 0.978. The summed E-state index contributed by atoms with van der Waals surface area (Å²) < 4.78 is 37.5. The molecule has 0 nitrogen and oxygen atoms in total. The van der Waals surface area contributed by atoms with E-state index in [0.717, 1.165) is 16.1 Å². The number of rotatable bonds is 4. The van der Waals surface area contributed by atoms with Gasteiger partial charge in [-0.3, -0.25) is 0 Å². The number of hydrogen-bond donors (Lipinski definition) is 0. The molecule has 0 spiro atoms. The Morgan fingerprint density at radius 3 is 1.50 bits per heavy atom. The zero-order chi connectivity index (χ0) is 26.0. The van der Waals surface area contributed by atoms with Gasteiger partial charge in [0.2, 0.25) is 0 Å². The Bertz CT molecular complexity index is 981. The lowest BCUT2D eigenvalue weighted by molar-refractivity contribution is 0.151. The third-order valence-electron chi connectivity index (χ3n) is 5.31. The first-order valence-electron chi connectivity index (χ1n) is 11.4. The highest BCUT2D eigenvalue weighted by molar-refractivity contribution is 6.31. The molecule has 0 heterocycles. The van der Waals surface area contributed by atoms with Gasteiger partial charge in [-0.2, -0.15) is 0 Å². The SMILES string of the molecule is CC(C)c1cccc(C(F)F)c1.CC(C)c1cccc(Cl)c1.Cc1c(F)cc(C(C)C)cc1Cl. The second-order valence-electron chi connectivity index (χ2n) is 9.10. The van der Waals surface area contributed by atoms with E-state index < -0.39 is 6.43 Å². The standard InChI is InChI=1S/C10H12ClF.C10H12F2.C9H11Cl/c1-6(2)8-4-9(11)7(3)10(12)5-8;1-7(2)8-4-3-5-9(6-8)10(11)12;1-7(2)8-4-3-5-9(10)6-8/h4-6H,1-3H3;3-7,10H,1-2H3;3-7H,1-2H3. The van der Waals surface area contributed by atoms with Crippen molar-refractivity contribution in [2.45, 2.75) is 72.6 Å². The molecular weight excluding hydrogens is 476 g/mol. The summed E-state index contributed by atoms with van der Waals surface area (Å²) in [4.78, 5) is 0. The van der Waals surface area contributed by atoms with Crippen molar-refractivity contribution in [2.24, 2.45) is 0 Å². The van der Waals surface area contributed by atoms with Crippen LogP contribution in [0.25, 0.3) is 0 Å². The Hall–Kier alpha value is -1.97. The molecule has 0 aromatic heterocycles. The highest BCUT2D eigenvalue weighted by atomic mass is 35.5. The summed E-state index contributed by atoms with van der Waals surface area (Å²) >= 11 is 11.6. The van der Waals surface area contributed by atoms with Crippen LogP contribution in [0.3, 0.4) is 0 Å². The number of benzene rings is 3. The van der Waals surface area contributed by atoms with Crippen LogP contribution in [-0.2, 0) is 0 Å². The van der Waals surface area contributed by atoms with E-state index in [2.05, 4.69) is 19.9 Å². The van der Waals surface area contributed by atoms with E-state index in [9.17, 15) is 13.2 Å². The Kier molecular flexibility index (Phi) is 12.8. The number of alkyl halides is 2. The summed E-state index contributed by atoms with van der Waals surface area (Å²) in [5, 5.41) is 1.34. The second-order valence-corrected chi connectivity index (χ2v) is 9.94. The topological polar surface area (TPSA) is 0 Å². The van der Waals surface area contributed by atoms with E-state index >= 15 is 0 Å². The molecule has 0 aliphatic carbocycles. The van der Waals surface area contributed by atoms with Crippen LogP contribution in [0.4, 0.5) is 13.2 Å². The third kappa shape index (κ3) is 10.1. The van der Waals surface area contributed by atoms with Crippen LogP contribution >= 0.6 is 23.2 Å². The van der Waals surface area contributed by atoms with Crippen LogP contribution in [-0.4, -0.2) is 0 Å². The Labute approximate surface area is 213 Å². The van der Waals surface area contributed by atoms with Crippen LogP contribution in [0.5, 0.6) is 0 Å². The zero-order valence-corrected chi connectivity index (χ0v) is 22.5. The van der Waals surface area contributed by atoms with Gasteiger partial charge in [-0.05, 0) is 71.7 Å². The van der Waals surface area contributed by atoms with Crippen molar-refractivity contribution < 1.29 is 13.2 Å². The van der Waals surface area contributed by atoms with E-state index in [-0.39, 0.29) is 11.4 Å². The molecule has 0 bridgehead atoms. The van der Waals surface area contributed by atoms with Crippen molar-refractivity contribution in [3.8, 4) is 0 Å². The van der Waals surface area contributed by atoms with Crippen LogP contribution in [0.1, 0.15) is 93.5 Å². The molecule has 3 aromatic rings. The van der Waals surface area contributed by atoms with Crippen molar-refractivity contribution in [3.05, 3.63) is 104 Å². The Morgan fingerprint density at radius 1 is 0.618 bits per heavy atom. The van der Waals surface area contributed by atoms with Crippen molar-refractivity contribution in [2.75, 3.05) is 0 Å². The third-order valence-corrected chi connectivity index (χ3v) is 5.94. The predicted molar refractivity (Wildman–Crippen MR) is 141 cm³/mol. The summed E-state index contributed by atoms with van der Waals surface area (Å²) in [6.07, 6.45) is -2.36. The highest BCUT2D eigenvalue weighted by Crippen LogP contribution is 2.25. The molecule has 5 heteroatoms. The minimum absolute atomic E-state index is 0.112. The first-order valence-corrected chi connectivity index (χ1v) is 12.2. The zero-order valence-electron chi connectivity index (χ0n) is 21.0. The molecule has 0 saturated carbocycles. The maximum absolute atomic E-state index is 13.1. The van der Waals surface area contributed by atoms with Gasteiger partial charge in [0.05, 0.1) is 0 Å². The smallest absolute Gasteiger partial charge is 0.207 e. The maximum Gasteiger partial charge on any atom is 0.263 e. The lowest BCUT2D eigenvalue weighted by Gasteiger charge is -2.08. The largest absolute Gasteiger partial charge is 0.263 e. The van der Waals surface area contributed by atoms with Gasteiger partial charge in [-0.15, -0.1) is 0 Å². The Morgan fingerprint density at radius 2 is 1.09 bits per heavy atom. The summed E-state index contributed by atoms with van der Waals surface area (Å²) in [6.45, 7) is 14.0. The highest BCUT2D eigenvalue weighted by Gasteiger charge is 2.08. The molecule has 0 aliphatic heterocycles. The fraction of sp³-hybridized carbons (Fsp3) is 0.379. The van der Waals surface area contributed by atoms with E-state index in [1.165, 1.54) is 11.6 Å². The molecular formula is C29H35Cl2F3. The van der Waals surface area contributed by atoms with Gasteiger partial charge in [0.25, 0.3) is 6.43 Å². The lowest BCUT2D eigenvalue weighted by atomic mass is 10.0. The quantitative estimate of drug-likeness (QED) is 0.327. The van der Waals surface area contributed by atoms with Gasteiger partial charge in [0.1, 0.15) is 5.82 Å². The fourth-order valence-corrected chi connectivity index (χ4v) is 3.33. The average molecular weight is 511 g/mol. The molecule has 0 atom stereocenters. The van der Waals surface area contributed by atoms with Gasteiger partial charge in [0.15, 0.2) is 0 Å². The molecule has 0 N–H and O–H groups in total. The minimum atomic E-state index is -2.36. The van der Waals surface area contributed by atoms with Crippen LogP contribution in [0, 0.1) is 12.7 Å². The molecule has 3 aromatic carbocycles. The van der Waals surface area contributed by atoms with Gasteiger partial charge >= 0.3 is 0 Å². The van der Waals surface area contributed by atoms with Crippen LogP contribution in [0.2, 0.25) is 10.0 Å². The Balaban J connectivity index is 0.000000256. The normalized spacial score (nSPS) is 10.8. The van der Waals surface area contributed by atoms with Crippen LogP contribution < -0.4 is 0 Å². The van der Waals surface area contributed by atoms with Crippen molar-refractivity contribution >= 4 is 23.2 Å². The monoisotopic (exact) mass is 510 g/mol.